The molecule has 154 valence electrons. The van der Waals surface area contributed by atoms with Crippen molar-refractivity contribution in [3.05, 3.63) is 68.2 Å². The molecule has 0 spiro atoms. The molecule has 0 saturated carbocycles. The second-order valence-electron chi connectivity index (χ2n) is 6.79. The van der Waals surface area contributed by atoms with Crippen molar-refractivity contribution in [3.63, 3.8) is 0 Å². The Kier molecular flexibility index (Phi) is 7.30. The van der Waals surface area contributed by atoms with Crippen LogP contribution in [-0.4, -0.2) is 48.0 Å². The molecule has 1 aliphatic heterocycles. The lowest BCUT2D eigenvalue weighted by Crippen LogP contribution is -2.42. The Morgan fingerprint density at radius 1 is 1.14 bits per heavy atom. The van der Waals surface area contributed by atoms with E-state index in [0.717, 1.165) is 32.5 Å². The number of hydrogen-bond donors (Lipinski definition) is 1. The summed E-state index contributed by atoms with van der Waals surface area (Å²) in [6.07, 6.45) is 1.89. The number of nitro benzene ring substituents is 1. The van der Waals surface area contributed by atoms with Gasteiger partial charge in [0.2, 0.25) is 0 Å². The zero-order valence-corrected chi connectivity index (χ0v) is 17.2. The van der Waals surface area contributed by atoms with Gasteiger partial charge in [-0.1, -0.05) is 23.2 Å². The molecule has 2 aromatic carbocycles. The summed E-state index contributed by atoms with van der Waals surface area (Å²) in [5.74, 6) is 0.478. The first kappa shape index (κ1) is 21.4. The average Bonchev–Trinajstić information content (AvgIpc) is 2.72. The Morgan fingerprint density at radius 2 is 1.83 bits per heavy atom. The van der Waals surface area contributed by atoms with Gasteiger partial charge in [-0.15, -0.1) is 0 Å². The highest BCUT2D eigenvalue weighted by Crippen LogP contribution is 2.28. The van der Waals surface area contributed by atoms with Crippen LogP contribution in [0.2, 0.25) is 10.0 Å². The van der Waals surface area contributed by atoms with Gasteiger partial charge in [0.1, 0.15) is 11.9 Å². The molecule has 1 aliphatic rings. The van der Waals surface area contributed by atoms with Crippen molar-refractivity contribution in [2.75, 3.05) is 26.2 Å². The maximum absolute atomic E-state index is 12.1. The third kappa shape index (κ3) is 6.06. The highest BCUT2D eigenvalue weighted by Gasteiger charge is 2.20. The number of nitrogens with one attached hydrogen (secondary N) is 1. The zero-order valence-electron chi connectivity index (χ0n) is 15.6. The van der Waals surface area contributed by atoms with Gasteiger partial charge < -0.3 is 15.0 Å². The monoisotopic (exact) mass is 437 g/mol. The molecule has 0 unspecified atom stereocenters. The third-order valence-electron chi connectivity index (χ3n) is 4.78. The first-order chi connectivity index (χ1) is 13.9. The number of carbonyl (C=O) groups excluding carboxylic acids is 1. The van der Waals surface area contributed by atoms with Crippen LogP contribution in [0.15, 0.2) is 42.5 Å². The van der Waals surface area contributed by atoms with Crippen molar-refractivity contribution in [2.45, 2.75) is 18.9 Å². The number of carbonyl (C=O) groups is 1. The van der Waals surface area contributed by atoms with Gasteiger partial charge in [0.05, 0.1) is 15.0 Å². The maximum atomic E-state index is 12.1. The summed E-state index contributed by atoms with van der Waals surface area (Å²) >= 11 is 11.9. The van der Waals surface area contributed by atoms with Crippen LogP contribution in [-0.2, 0) is 0 Å². The van der Waals surface area contributed by atoms with Gasteiger partial charge in [0.25, 0.3) is 11.6 Å². The number of likely N-dealkylation sites (tertiary alicyclic amines) is 1. The van der Waals surface area contributed by atoms with E-state index in [0.29, 0.717) is 27.9 Å². The van der Waals surface area contributed by atoms with Crippen LogP contribution in [0.3, 0.4) is 0 Å². The molecule has 2 aromatic rings. The minimum absolute atomic E-state index is 0.0347. The highest BCUT2D eigenvalue weighted by atomic mass is 35.5. The third-order valence-corrected chi connectivity index (χ3v) is 5.52. The summed E-state index contributed by atoms with van der Waals surface area (Å²) in [5, 5.41) is 14.5. The number of benzene rings is 2. The Hall–Kier alpha value is -2.35. The molecular weight excluding hydrogens is 417 g/mol. The number of nitro groups is 1. The van der Waals surface area contributed by atoms with E-state index in [-0.39, 0.29) is 17.7 Å². The molecule has 1 heterocycles. The molecule has 1 N–H and O–H groups in total. The molecule has 0 atom stereocenters. The van der Waals surface area contributed by atoms with Gasteiger partial charge >= 0.3 is 0 Å². The van der Waals surface area contributed by atoms with E-state index in [1.54, 1.807) is 12.1 Å². The minimum atomic E-state index is -0.490. The van der Waals surface area contributed by atoms with E-state index >= 15 is 0 Å². The smallest absolute Gasteiger partial charge is 0.269 e. The fourth-order valence-electron chi connectivity index (χ4n) is 3.16. The molecule has 1 fully saturated rings. The Bertz CT molecular complexity index is 869. The zero-order chi connectivity index (χ0) is 20.8. The topological polar surface area (TPSA) is 84.7 Å². The number of ether oxygens (including phenoxy) is 1. The van der Waals surface area contributed by atoms with Crippen LogP contribution in [0, 0.1) is 10.1 Å². The SMILES string of the molecule is O=C(NCCN1CCC(Oc2ccc(Cl)c(Cl)c2)CC1)c1ccc([N+](=O)[O-])cc1. The van der Waals surface area contributed by atoms with Crippen LogP contribution < -0.4 is 10.1 Å². The van der Waals surface area contributed by atoms with Crippen LogP contribution in [0.25, 0.3) is 0 Å². The Labute approximate surface area is 178 Å². The van der Waals surface area contributed by atoms with Crippen molar-refractivity contribution in [3.8, 4) is 5.75 Å². The fourth-order valence-corrected chi connectivity index (χ4v) is 3.45. The van der Waals surface area contributed by atoms with E-state index in [1.165, 1.54) is 24.3 Å². The second-order valence-corrected chi connectivity index (χ2v) is 7.61. The first-order valence-corrected chi connectivity index (χ1v) is 10.0. The number of amides is 1. The summed E-state index contributed by atoms with van der Waals surface area (Å²) < 4.78 is 5.98. The van der Waals surface area contributed by atoms with Crippen molar-refractivity contribution in [2.24, 2.45) is 0 Å². The predicted octanol–water partition coefficient (Wildman–Crippen LogP) is 4.17. The van der Waals surface area contributed by atoms with Gasteiger partial charge in [-0.3, -0.25) is 14.9 Å². The standard InChI is InChI=1S/C20H21Cl2N3O4/c21-18-6-5-17(13-19(18)22)29-16-7-10-24(11-8-16)12-9-23-20(26)14-1-3-15(4-2-14)25(27)28/h1-6,13,16H,7-12H2,(H,23,26). The molecule has 9 heteroatoms. The largest absolute Gasteiger partial charge is 0.490 e. The summed E-state index contributed by atoms with van der Waals surface area (Å²) in [6, 6.07) is 10.8. The minimum Gasteiger partial charge on any atom is -0.490 e. The molecule has 0 bridgehead atoms. The molecule has 3 rings (SSSR count). The fraction of sp³-hybridized carbons (Fsp3) is 0.350. The quantitative estimate of drug-likeness (QED) is 0.518. The van der Waals surface area contributed by atoms with Gasteiger partial charge in [0, 0.05) is 49.9 Å². The maximum Gasteiger partial charge on any atom is 0.269 e. The Morgan fingerprint density at radius 3 is 2.45 bits per heavy atom. The molecule has 0 aromatic heterocycles. The van der Waals surface area contributed by atoms with Crippen LogP contribution in [0.5, 0.6) is 5.75 Å². The highest BCUT2D eigenvalue weighted by molar-refractivity contribution is 6.42. The van der Waals surface area contributed by atoms with E-state index in [2.05, 4.69) is 10.2 Å². The first-order valence-electron chi connectivity index (χ1n) is 9.29. The van der Waals surface area contributed by atoms with Crippen molar-refractivity contribution < 1.29 is 14.5 Å². The summed E-state index contributed by atoms with van der Waals surface area (Å²) in [4.78, 5) is 24.6. The molecule has 29 heavy (non-hydrogen) atoms. The summed E-state index contributed by atoms with van der Waals surface area (Å²) in [6.45, 7) is 2.99. The number of hydrogen-bond acceptors (Lipinski definition) is 5. The molecular formula is C20H21Cl2N3O4. The van der Waals surface area contributed by atoms with E-state index in [1.807, 2.05) is 6.07 Å². The number of non-ortho nitro benzene ring substituents is 1. The van der Waals surface area contributed by atoms with Gasteiger partial charge in [0.15, 0.2) is 0 Å². The normalized spacial score (nSPS) is 15.1. The summed E-state index contributed by atoms with van der Waals surface area (Å²) in [7, 11) is 0. The van der Waals surface area contributed by atoms with E-state index in [9.17, 15) is 14.9 Å². The number of rotatable bonds is 7. The molecule has 0 radical (unpaired) electrons. The number of halogens is 2. The van der Waals surface area contributed by atoms with E-state index in [4.69, 9.17) is 27.9 Å². The van der Waals surface area contributed by atoms with Crippen LogP contribution in [0.4, 0.5) is 5.69 Å². The lowest BCUT2D eigenvalue weighted by Gasteiger charge is -2.32. The Balaban J connectivity index is 1.38. The summed E-state index contributed by atoms with van der Waals surface area (Å²) in [5.41, 5.74) is 0.372. The van der Waals surface area contributed by atoms with Crippen molar-refractivity contribution in [1.29, 1.82) is 0 Å². The second kappa shape index (κ2) is 9.91. The number of piperidine rings is 1. The van der Waals surface area contributed by atoms with Crippen molar-refractivity contribution >= 4 is 34.8 Å². The average molecular weight is 438 g/mol. The van der Waals surface area contributed by atoms with Gasteiger partial charge in [-0.25, -0.2) is 0 Å². The van der Waals surface area contributed by atoms with Gasteiger partial charge in [-0.05, 0) is 37.1 Å². The van der Waals surface area contributed by atoms with E-state index < -0.39 is 4.92 Å². The van der Waals surface area contributed by atoms with Crippen molar-refractivity contribution in [1.82, 2.24) is 10.2 Å². The lowest BCUT2D eigenvalue weighted by atomic mass is 10.1. The van der Waals surface area contributed by atoms with Gasteiger partial charge in [-0.2, -0.15) is 0 Å². The molecule has 1 amide bonds. The lowest BCUT2D eigenvalue weighted by molar-refractivity contribution is -0.384. The molecule has 1 saturated heterocycles. The predicted molar refractivity (Wildman–Crippen MR) is 112 cm³/mol. The molecule has 7 nitrogen and oxygen atoms in total. The van der Waals surface area contributed by atoms with Crippen LogP contribution >= 0.6 is 23.2 Å². The molecule has 0 aliphatic carbocycles. The number of nitrogens with zero attached hydrogens (tertiary/aromatic N) is 2. The van der Waals surface area contributed by atoms with Crippen LogP contribution in [0.1, 0.15) is 23.2 Å².